The van der Waals surface area contributed by atoms with Crippen molar-refractivity contribution in [1.29, 1.82) is 0 Å². The van der Waals surface area contributed by atoms with Crippen molar-refractivity contribution in [3.05, 3.63) is 118 Å². The molecular formula is C33H31ClN4O5S. The van der Waals surface area contributed by atoms with Gasteiger partial charge in [-0.25, -0.2) is 8.42 Å². The second-order valence-electron chi connectivity index (χ2n) is 10.5. The smallest absolute Gasteiger partial charge is 0.265 e. The van der Waals surface area contributed by atoms with E-state index in [1.165, 1.54) is 6.07 Å². The van der Waals surface area contributed by atoms with Gasteiger partial charge < -0.3 is 16.0 Å². The predicted molar refractivity (Wildman–Crippen MR) is 172 cm³/mol. The third-order valence-electron chi connectivity index (χ3n) is 7.34. The first-order chi connectivity index (χ1) is 21.0. The van der Waals surface area contributed by atoms with E-state index in [9.17, 15) is 22.8 Å². The highest BCUT2D eigenvalue weighted by Gasteiger charge is 2.42. The van der Waals surface area contributed by atoms with Gasteiger partial charge in [0.15, 0.2) is 0 Å². The molecule has 9 nitrogen and oxygen atoms in total. The lowest BCUT2D eigenvalue weighted by Gasteiger charge is -2.37. The van der Waals surface area contributed by atoms with Crippen LogP contribution in [0.4, 0.5) is 17.1 Å². The number of nitrogens with zero attached hydrogens (tertiary/aromatic N) is 1. The number of para-hydroxylation sites is 2. The minimum absolute atomic E-state index is 0.0118. The SMILES string of the molecule is Cc1cc(S(=O)(=O)N2c3ccccc3NC(=O)C2CC(=O)NCCc2ccc(NC(=O)c3ccccc3)cc2)c(C)cc1Cl. The van der Waals surface area contributed by atoms with Gasteiger partial charge in [0.05, 0.1) is 22.7 Å². The number of aryl methyl sites for hydroxylation is 2. The monoisotopic (exact) mass is 630 g/mol. The number of carbonyl (C=O) groups excluding carboxylic acids is 3. The van der Waals surface area contributed by atoms with Crippen molar-refractivity contribution in [2.45, 2.75) is 37.6 Å². The van der Waals surface area contributed by atoms with Crippen LogP contribution in [0.5, 0.6) is 0 Å². The molecule has 11 heteroatoms. The molecule has 3 N–H and O–H groups in total. The van der Waals surface area contributed by atoms with Gasteiger partial charge in [-0.05, 0) is 85.5 Å². The number of hydrogen-bond donors (Lipinski definition) is 3. The van der Waals surface area contributed by atoms with Crippen LogP contribution >= 0.6 is 11.6 Å². The fraction of sp³-hybridized carbons (Fsp3) is 0.182. The fourth-order valence-electron chi connectivity index (χ4n) is 5.01. The summed E-state index contributed by atoms with van der Waals surface area (Å²) in [7, 11) is -4.26. The molecular weight excluding hydrogens is 600 g/mol. The maximum Gasteiger partial charge on any atom is 0.265 e. The highest BCUT2D eigenvalue weighted by molar-refractivity contribution is 7.93. The van der Waals surface area contributed by atoms with Crippen LogP contribution in [0, 0.1) is 13.8 Å². The van der Waals surface area contributed by atoms with E-state index in [0.717, 1.165) is 9.87 Å². The molecule has 226 valence electrons. The molecule has 0 saturated heterocycles. The van der Waals surface area contributed by atoms with Crippen LogP contribution in [0.2, 0.25) is 5.02 Å². The summed E-state index contributed by atoms with van der Waals surface area (Å²) in [5.74, 6) is -1.28. The van der Waals surface area contributed by atoms with E-state index in [2.05, 4.69) is 16.0 Å². The Morgan fingerprint density at radius 3 is 2.32 bits per heavy atom. The van der Waals surface area contributed by atoms with E-state index < -0.39 is 27.9 Å². The minimum Gasteiger partial charge on any atom is -0.356 e. The van der Waals surface area contributed by atoms with Crippen molar-refractivity contribution >= 4 is 56.4 Å². The third-order valence-corrected chi connectivity index (χ3v) is 9.71. The first-order valence-electron chi connectivity index (χ1n) is 14.0. The van der Waals surface area contributed by atoms with Gasteiger partial charge in [0.2, 0.25) is 11.8 Å². The summed E-state index contributed by atoms with van der Waals surface area (Å²) in [6.07, 6.45) is 0.110. The molecule has 1 atom stereocenters. The summed E-state index contributed by atoms with van der Waals surface area (Å²) in [6.45, 7) is 3.61. The quantitative estimate of drug-likeness (QED) is 0.226. The summed E-state index contributed by atoms with van der Waals surface area (Å²) >= 11 is 6.22. The molecule has 44 heavy (non-hydrogen) atoms. The molecule has 0 aromatic heterocycles. The maximum absolute atomic E-state index is 14.1. The Balaban J connectivity index is 1.27. The van der Waals surface area contributed by atoms with Gasteiger partial charge in [-0.2, -0.15) is 0 Å². The van der Waals surface area contributed by atoms with Gasteiger partial charge >= 0.3 is 0 Å². The van der Waals surface area contributed by atoms with Crippen molar-refractivity contribution < 1.29 is 22.8 Å². The number of fused-ring (bicyclic) bond motifs is 1. The number of sulfonamides is 1. The van der Waals surface area contributed by atoms with Crippen LogP contribution in [0.25, 0.3) is 0 Å². The summed E-state index contributed by atoms with van der Waals surface area (Å²) in [5, 5.41) is 8.82. The van der Waals surface area contributed by atoms with Gasteiger partial charge in [0.25, 0.3) is 15.9 Å². The normalized spacial score (nSPS) is 14.4. The topological polar surface area (TPSA) is 125 Å². The number of rotatable bonds is 9. The lowest BCUT2D eigenvalue weighted by molar-refractivity contribution is -0.125. The molecule has 3 amide bonds. The van der Waals surface area contributed by atoms with Crippen molar-refractivity contribution in [3.8, 4) is 0 Å². The molecule has 0 fully saturated rings. The van der Waals surface area contributed by atoms with E-state index in [0.29, 0.717) is 39.5 Å². The van der Waals surface area contributed by atoms with Crippen molar-refractivity contribution in [2.24, 2.45) is 0 Å². The van der Waals surface area contributed by atoms with E-state index >= 15 is 0 Å². The minimum atomic E-state index is -4.26. The Morgan fingerprint density at radius 2 is 1.59 bits per heavy atom. The molecule has 0 bridgehead atoms. The number of nitrogens with one attached hydrogen (secondary N) is 3. The molecule has 4 aromatic carbocycles. The largest absolute Gasteiger partial charge is 0.356 e. The molecule has 1 heterocycles. The zero-order valence-corrected chi connectivity index (χ0v) is 25.7. The molecule has 5 rings (SSSR count). The second-order valence-corrected chi connectivity index (χ2v) is 12.7. The average molecular weight is 631 g/mol. The molecule has 1 unspecified atom stereocenters. The van der Waals surface area contributed by atoms with Gasteiger partial charge in [-0.15, -0.1) is 0 Å². The van der Waals surface area contributed by atoms with Crippen molar-refractivity contribution in [2.75, 3.05) is 21.5 Å². The summed E-state index contributed by atoms with van der Waals surface area (Å²) < 4.78 is 29.2. The molecule has 0 radical (unpaired) electrons. The Kier molecular flexibility index (Phi) is 9.03. The Morgan fingerprint density at radius 1 is 0.909 bits per heavy atom. The van der Waals surface area contributed by atoms with Crippen LogP contribution in [0.1, 0.15) is 33.5 Å². The number of halogens is 1. The molecule has 0 spiro atoms. The van der Waals surface area contributed by atoms with E-state index in [4.69, 9.17) is 11.6 Å². The number of benzene rings is 4. The van der Waals surface area contributed by atoms with E-state index in [1.807, 2.05) is 18.2 Å². The van der Waals surface area contributed by atoms with Gasteiger partial charge in [-0.3, -0.25) is 18.7 Å². The summed E-state index contributed by atoms with van der Waals surface area (Å²) in [6, 6.07) is 24.5. The molecule has 0 saturated carbocycles. The number of hydrogen-bond acceptors (Lipinski definition) is 5. The van der Waals surface area contributed by atoms with Crippen molar-refractivity contribution in [1.82, 2.24) is 5.32 Å². The van der Waals surface area contributed by atoms with Crippen LogP contribution in [0.15, 0.2) is 95.9 Å². The molecule has 1 aliphatic heterocycles. The molecule has 4 aromatic rings. The number of anilines is 3. The first kappa shape index (κ1) is 30.8. The molecule has 1 aliphatic rings. The number of carbonyl (C=O) groups is 3. The number of amides is 3. The zero-order chi connectivity index (χ0) is 31.4. The maximum atomic E-state index is 14.1. The lowest BCUT2D eigenvalue weighted by Crippen LogP contribution is -2.53. The second kappa shape index (κ2) is 12.9. The van der Waals surface area contributed by atoms with Crippen LogP contribution in [-0.4, -0.2) is 38.7 Å². The van der Waals surface area contributed by atoms with Crippen LogP contribution < -0.4 is 20.3 Å². The fourth-order valence-corrected chi connectivity index (χ4v) is 7.16. The summed E-state index contributed by atoms with van der Waals surface area (Å²) in [4.78, 5) is 38.7. The Labute approximate surface area is 261 Å². The highest BCUT2D eigenvalue weighted by atomic mass is 35.5. The van der Waals surface area contributed by atoms with E-state index in [1.54, 1.807) is 80.6 Å². The van der Waals surface area contributed by atoms with Crippen LogP contribution in [0.3, 0.4) is 0 Å². The van der Waals surface area contributed by atoms with Gasteiger partial charge in [-0.1, -0.05) is 54.1 Å². The average Bonchev–Trinajstić information content (AvgIpc) is 3.00. The first-order valence-corrected chi connectivity index (χ1v) is 15.8. The predicted octanol–water partition coefficient (Wildman–Crippen LogP) is 5.47. The van der Waals surface area contributed by atoms with Crippen molar-refractivity contribution in [3.63, 3.8) is 0 Å². The van der Waals surface area contributed by atoms with Gasteiger partial charge in [0, 0.05) is 22.8 Å². The lowest BCUT2D eigenvalue weighted by atomic mass is 10.1. The standard InChI is InChI=1S/C33H31ClN4O5S/c1-21-19-30(22(2)18-26(21)34)44(42,43)38-28-11-7-6-10-27(28)37-33(41)29(38)20-31(39)35-17-16-23-12-14-25(15-13-23)36-32(40)24-8-4-3-5-9-24/h3-15,18-19,29H,16-17,20H2,1-2H3,(H,35,39)(H,36,40)(H,37,41). The Hall–Kier alpha value is -4.67. The Bertz CT molecular complexity index is 1830. The third kappa shape index (κ3) is 6.61. The van der Waals surface area contributed by atoms with Gasteiger partial charge in [0.1, 0.15) is 6.04 Å². The molecule has 0 aliphatic carbocycles. The van der Waals surface area contributed by atoms with Crippen LogP contribution in [-0.2, 0) is 26.0 Å². The highest BCUT2D eigenvalue weighted by Crippen LogP contribution is 2.38. The summed E-state index contributed by atoms with van der Waals surface area (Å²) in [5.41, 5.74) is 3.73. The van der Waals surface area contributed by atoms with E-state index in [-0.39, 0.29) is 29.5 Å². The zero-order valence-electron chi connectivity index (χ0n) is 24.1.